The number of carbonyl (C=O) groups excluding carboxylic acids is 1. The quantitative estimate of drug-likeness (QED) is 0.811. The van der Waals surface area contributed by atoms with E-state index < -0.39 is 0 Å². The summed E-state index contributed by atoms with van der Waals surface area (Å²) in [6, 6.07) is 9.98. The van der Waals surface area contributed by atoms with Gasteiger partial charge in [0, 0.05) is 6.42 Å². The minimum Gasteiger partial charge on any atom is -0.323 e. The first-order valence-electron chi connectivity index (χ1n) is 5.77. The molecule has 1 aromatic carbocycles. The summed E-state index contributed by atoms with van der Waals surface area (Å²) < 4.78 is 1.90. The third-order valence-electron chi connectivity index (χ3n) is 2.96. The van der Waals surface area contributed by atoms with Gasteiger partial charge in [-0.25, -0.2) is 4.68 Å². The standard InChI is InChI=1S/C13H13N3O/c17-13-8-4-7-12-11(15-13)9-14-16(12)10-5-2-1-3-6-10/h1-3,5-6,9H,4,7-8H2,(H,15,17). The molecule has 2 aromatic rings. The minimum absolute atomic E-state index is 0.0800. The SMILES string of the molecule is O=C1CCCc2c(cnn2-c2ccccc2)N1. The van der Waals surface area contributed by atoms with E-state index in [1.807, 2.05) is 35.0 Å². The van der Waals surface area contributed by atoms with Gasteiger partial charge in [-0.3, -0.25) is 4.79 Å². The van der Waals surface area contributed by atoms with Crippen molar-refractivity contribution < 1.29 is 4.79 Å². The number of nitrogens with one attached hydrogen (secondary N) is 1. The Morgan fingerprint density at radius 1 is 1.18 bits per heavy atom. The van der Waals surface area contributed by atoms with Crippen LogP contribution >= 0.6 is 0 Å². The molecule has 1 aliphatic rings. The van der Waals surface area contributed by atoms with Crippen LogP contribution in [0.15, 0.2) is 36.5 Å². The number of benzene rings is 1. The van der Waals surface area contributed by atoms with E-state index >= 15 is 0 Å². The number of carbonyl (C=O) groups is 1. The van der Waals surface area contributed by atoms with Crippen molar-refractivity contribution in [2.24, 2.45) is 0 Å². The average Bonchev–Trinajstić information content (AvgIpc) is 2.64. The predicted octanol–water partition coefficient (Wildman–Crippen LogP) is 2.15. The van der Waals surface area contributed by atoms with Crippen molar-refractivity contribution in [2.75, 3.05) is 5.32 Å². The van der Waals surface area contributed by atoms with Gasteiger partial charge in [0.1, 0.15) is 0 Å². The largest absolute Gasteiger partial charge is 0.323 e. The Hall–Kier alpha value is -2.10. The number of hydrogen-bond donors (Lipinski definition) is 1. The van der Waals surface area contributed by atoms with Gasteiger partial charge in [-0.15, -0.1) is 0 Å². The fraction of sp³-hybridized carbons (Fsp3) is 0.231. The van der Waals surface area contributed by atoms with E-state index in [1.54, 1.807) is 6.20 Å². The molecule has 0 aliphatic carbocycles. The van der Waals surface area contributed by atoms with Crippen LogP contribution in [0.2, 0.25) is 0 Å². The molecule has 2 heterocycles. The van der Waals surface area contributed by atoms with E-state index in [2.05, 4.69) is 10.4 Å². The second-order valence-corrected chi connectivity index (χ2v) is 4.15. The first-order valence-corrected chi connectivity index (χ1v) is 5.77. The molecule has 3 rings (SSSR count). The van der Waals surface area contributed by atoms with Crippen molar-refractivity contribution in [3.05, 3.63) is 42.2 Å². The molecule has 0 bridgehead atoms. The van der Waals surface area contributed by atoms with E-state index in [1.165, 1.54) is 0 Å². The lowest BCUT2D eigenvalue weighted by Crippen LogP contribution is -2.08. The molecule has 1 amide bonds. The summed E-state index contributed by atoms with van der Waals surface area (Å²) in [7, 11) is 0. The molecule has 1 N–H and O–H groups in total. The third kappa shape index (κ3) is 1.82. The normalized spacial score (nSPS) is 14.9. The molecule has 1 aliphatic heterocycles. The Morgan fingerprint density at radius 3 is 2.82 bits per heavy atom. The van der Waals surface area contributed by atoms with E-state index in [-0.39, 0.29) is 5.91 Å². The van der Waals surface area contributed by atoms with Gasteiger partial charge in [0.2, 0.25) is 5.91 Å². The van der Waals surface area contributed by atoms with Crippen LogP contribution in [0.25, 0.3) is 5.69 Å². The van der Waals surface area contributed by atoms with Gasteiger partial charge in [-0.2, -0.15) is 5.10 Å². The number of para-hydroxylation sites is 1. The monoisotopic (exact) mass is 227 g/mol. The molecular weight excluding hydrogens is 214 g/mol. The Bertz CT molecular complexity index is 545. The summed E-state index contributed by atoms with van der Waals surface area (Å²) >= 11 is 0. The maximum absolute atomic E-state index is 11.4. The van der Waals surface area contributed by atoms with Crippen molar-refractivity contribution in [2.45, 2.75) is 19.3 Å². The molecule has 0 radical (unpaired) electrons. The van der Waals surface area contributed by atoms with E-state index in [4.69, 9.17) is 0 Å². The zero-order valence-corrected chi connectivity index (χ0v) is 9.39. The Balaban J connectivity index is 2.06. The minimum atomic E-state index is 0.0800. The number of aromatic nitrogens is 2. The first kappa shape index (κ1) is 10.1. The van der Waals surface area contributed by atoms with Crippen LogP contribution in [0.5, 0.6) is 0 Å². The summed E-state index contributed by atoms with van der Waals surface area (Å²) in [5.41, 5.74) is 2.96. The number of anilines is 1. The fourth-order valence-electron chi connectivity index (χ4n) is 2.14. The van der Waals surface area contributed by atoms with E-state index in [9.17, 15) is 4.79 Å². The molecule has 86 valence electrons. The van der Waals surface area contributed by atoms with Crippen molar-refractivity contribution in [3.63, 3.8) is 0 Å². The van der Waals surface area contributed by atoms with Crippen LogP contribution in [0, 0.1) is 0 Å². The molecule has 4 nitrogen and oxygen atoms in total. The second-order valence-electron chi connectivity index (χ2n) is 4.15. The number of fused-ring (bicyclic) bond motifs is 1. The lowest BCUT2D eigenvalue weighted by atomic mass is 10.2. The number of nitrogens with zero attached hydrogens (tertiary/aromatic N) is 2. The second kappa shape index (κ2) is 4.05. The summed E-state index contributed by atoms with van der Waals surface area (Å²) in [5.74, 6) is 0.0800. The van der Waals surface area contributed by atoms with Gasteiger partial charge in [-0.05, 0) is 25.0 Å². The van der Waals surface area contributed by atoms with Crippen LogP contribution in [0.1, 0.15) is 18.5 Å². The Morgan fingerprint density at radius 2 is 2.00 bits per heavy atom. The van der Waals surface area contributed by atoms with Gasteiger partial charge in [0.15, 0.2) is 0 Å². The average molecular weight is 227 g/mol. The molecule has 0 unspecified atom stereocenters. The highest BCUT2D eigenvalue weighted by Crippen LogP contribution is 2.24. The van der Waals surface area contributed by atoms with Crippen LogP contribution in [-0.4, -0.2) is 15.7 Å². The van der Waals surface area contributed by atoms with Crippen LogP contribution in [-0.2, 0) is 11.2 Å². The van der Waals surface area contributed by atoms with E-state index in [0.717, 1.165) is 29.9 Å². The zero-order valence-electron chi connectivity index (χ0n) is 9.39. The topological polar surface area (TPSA) is 46.9 Å². The van der Waals surface area contributed by atoms with Crippen LogP contribution < -0.4 is 5.32 Å². The predicted molar refractivity (Wildman–Crippen MR) is 65.1 cm³/mol. The van der Waals surface area contributed by atoms with Gasteiger partial charge in [-0.1, -0.05) is 18.2 Å². The van der Waals surface area contributed by atoms with Gasteiger partial charge in [0.05, 0.1) is 23.3 Å². The third-order valence-corrected chi connectivity index (χ3v) is 2.96. The lowest BCUT2D eigenvalue weighted by molar-refractivity contribution is -0.116. The Kier molecular flexibility index (Phi) is 2.40. The number of rotatable bonds is 1. The van der Waals surface area contributed by atoms with Crippen molar-refractivity contribution in [1.82, 2.24) is 9.78 Å². The maximum Gasteiger partial charge on any atom is 0.224 e. The molecule has 1 aromatic heterocycles. The summed E-state index contributed by atoms with van der Waals surface area (Å²) in [4.78, 5) is 11.4. The summed E-state index contributed by atoms with van der Waals surface area (Å²) in [5, 5.41) is 7.24. The molecule has 0 saturated heterocycles. The summed E-state index contributed by atoms with van der Waals surface area (Å²) in [6.07, 6.45) is 4.06. The maximum atomic E-state index is 11.4. The Labute approximate surface area is 99.3 Å². The van der Waals surface area contributed by atoms with E-state index in [0.29, 0.717) is 6.42 Å². The van der Waals surface area contributed by atoms with Crippen molar-refractivity contribution in [3.8, 4) is 5.69 Å². The van der Waals surface area contributed by atoms with Gasteiger partial charge in [0.25, 0.3) is 0 Å². The van der Waals surface area contributed by atoms with Crippen molar-refractivity contribution in [1.29, 1.82) is 0 Å². The lowest BCUT2D eigenvalue weighted by Gasteiger charge is -2.06. The smallest absolute Gasteiger partial charge is 0.224 e. The highest BCUT2D eigenvalue weighted by molar-refractivity contribution is 5.91. The molecule has 4 heteroatoms. The molecule has 0 saturated carbocycles. The fourth-order valence-corrected chi connectivity index (χ4v) is 2.14. The van der Waals surface area contributed by atoms with Crippen molar-refractivity contribution >= 4 is 11.6 Å². The van der Waals surface area contributed by atoms with Crippen LogP contribution in [0.4, 0.5) is 5.69 Å². The molecule has 0 fully saturated rings. The first-order chi connectivity index (χ1) is 8.34. The molecular formula is C13H13N3O. The van der Waals surface area contributed by atoms with Crippen LogP contribution in [0.3, 0.4) is 0 Å². The number of amides is 1. The number of hydrogen-bond acceptors (Lipinski definition) is 2. The van der Waals surface area contributed by atoms with Gasteiger partial charge < -0.3 is 5.32 Å². The molecule has 0 spiro atoms. The molecule has 0 atom stereocenters. The summed E-state index contributed by atoms with van der Waals surface area (Å²) in [6.45, 7) is 0. The highest BCUT2D eigenvalue weighted by atomic mass is 16.1. The van der Waals surface area contributed by atoms with Gasteiger partial charge >= 0.3 is 0 Å². The molecule has 17 heavy (non-hydrogen) atoms. The highest BCUT2D eigenvalue weighted by Gasteiger charge is 2.17. The zero-order chi connectivity index (χ0) is 11.7.